The molecule has 0 unspecified atom stereocenters. The van der Waals surface area contributed by atoms with E-state index in [1.165, 1.54) is 23.3 Å². The minimum absolute atomic E-state index is 0.591. The maximum Gasteiger partial charge on any atom is 0.160 e. The molecule has 1 aromatic heterocycles. The molecule has 1 saturated heterocycles. The van der Waals surface area contributed by atoms with Gasteiger partial charge in [0.05, 0.1) is 4.88 Å². The highest BCUT2D eigenvalue weighted by Gasteiger charge is 2.38. The molecule has 3 heterocycles. The number of hydrogen-bond donors (Lipinski definition) is 0. The molecule has 0 aromatic carbocycles. The van der Waals surface area contributed by atoms with E-state index in [-0.39, 0.29) is 0 Å². The standard InChI is InChI=1S/C11H13NOS/c1-12-7-2-3-10(12)9-5-8(6-13)14-11(9)4-7/h5-7,10H,2-4H2,1H3/t7-,10-/m1/s1. The predicted octanol–water partition coefficient (Wildman–Crippen LogP) is 2.25. The normalized spacial score (nSPS) is 30.4. The molecule has 1 fully saturated rings. The fourth-order valence-corrected chi connectivity index (χ4v) is 3.92. The Bertz CT molecular complexity index is 385. The second-order valence-corrected chi connectivity index (χ2v) is 5.43. The molecule has 1 aromatic rings. The lowest BCUT2D eigenvalue weighted by Gasteiger charge is -2.30. The minimum Gasteiger partial charge on any atom is -0.297 e. The monoisotopic (exact) mass is 207 g/mol. The van der Waals surface area contributed by atoms with E-state index < -0.39 is 0 Å². The predicted molar refractivity (Wildman–Crippen MR) is 56.9 cm³/mol. The number of fused-ring (bicyclic) bond motifs is 4. The van der Waals surface area contributed by atoms with Crippen molar-refractivity contribution >= 4 is 17.6 Å². The zero-order valence-corrected chi connectivity index (χ0v) is 9.01. The van der Waals surface area contributed by atoms with Crippen molar-refractivity contribution in [2.24, 2.45) is 0 Å². The lowest BCUT2D eigenvalue weighted by Crippen LogP contribution is -2.33. The Morgan fingerprint density at radius 2 is 2.43 bits per heavy atom. The van der Waals surface area contributed by atoms with Crippen molar-refractivity contribution in [3.8, 4) is 0 Å². The molecule has 3 heteroatoms. The summed E-state index contributed by atoms with van der Waals surface area (Å²) in [5.41, 5.74) is 1.42. The van der Waals surface area contributed by atoms with Gasteiger partial charge in [-0.3, -0.25) is 9.69 Å². The van der Waals surface area contributed by atoms with E-state index >= 15 is 0 Å². The number of carbonyl (C=O) groups is 1. The Morgan fingerprint density at radius 1 is 1.57 bits per heavy atom. The average molecular weight is 207 g/mol. The third-order valence-electron chi connectivity index (χ3n) is 3.60. The van der Waals surface area contributed by atoms with Crippen LogP contribution in [0.25, 0.3) is 0 Å². The third kappa shape index (κ3) is 1.03. The molecule has 0 radical (unpaired) electrons. The summed E-state index contributed by atoms with van der Waals surface area (Å²) < 4.78 is 0. The summed E-state index contributed by atoms with van der Waals surface area (Å²) in [4.78, 5) is 15.5. The Kier molecular flexibility index (Phi) is 1.79. The Morgan fingerprint density at radius 3 is 3.21 bits per heavy atom. The Balaban J connectivity index is 2.09. The van der Waals surface area contributed by atoms with E-state index in [1.54, 1.807) is 11.3 Å². The quantitative estimate of drug-likeness (QED) is 0.658. The van der Waals surface area contributed by atoms with Crippen LogP contribution < -0.4 is 0 Å². The van der Waals surface area contributed by atoms with Crippen LogP contribution in [0.15, 0.2) is 6.07 Å². The molecule has 74 valence electrons. The number of likely N-dealkylation sites (N-methyl/N-ethyl adjacent to an activating group) is 1. The van der Waals surface area contributed by atoms with E-state index in [1.807, 2.05) is 0 Å². The van der Waals surface area contributed by atoms with Gasteiger partial charge in [-0.15, -0.1) is 11.3 Å². The first-order valence-corrected chi connectivity index (χ1v) is 5.91. The second-order valence-electron chi connectivity index (χ2n) is 4.26. The topological polar surface area (TPSA) is 20.3 Å². The summed E-state index contributed by atoms with van der Waals surface area (Å²) >= 11 is 1.69. The lowest BCUT2D eigenvalue weighted by molar-refractivity contribution is 0.112. The molecule has 0 spiro atoms. The summed E-state index contributed by atoms with van der Waals surface area (Å²) in [6.07, 6.45) is 4.72. The van der Waals surface area contributed by atoms with E-state index in [9.17, 15) is 4.79 Å². The smallest absolute Gasteiger partial charge is 0.160 e. The van der Waals surface area contributed by atoms with Gasteiger partial charge in [0, 0.05) is 17.0 Å². The largest absolute Gasteiger partial charge is 0.297 e. The fraction of sp³-hybridized carbons (Fsp3) is 0.545. The van der Waals surface area contributed by atoms with Crippen molar-refractivity contribution < 1.29 is 4.79 Å². The van der Waals surface area contributed by atoms with Crippen LogP contribution in [0.5, 0.6) is 0 Å². The zero-order chi connectivity index (χ0) is 9.71. The van der Waals surface area contributed by atoms with Crippen molar-refractivity contribution in [1.29, 1.82) is 0 Å². The summed E-state index contributed by atoms with van der Waals surface area (Å²) in [6.45, 7) is 0. The van der Waals surface area contributed by atoms with Gasteiger partial charge in [-0.05, 0) is 37.9 Å². The fourth-order valence-electron chi connectivity index (χ4n) is 2.81. The molecule has 2 atom stereocenters. The van der Waals surface area contributed by atoms with Crippen molar-refractivity contribution in [3.05, 3.63) is 21.4 Å². The van der Waals surface area contributed by atoms with Crippen molar-refractivity contribution in [1.82, 2.24) is 4.90 Å². The maximum atomic E-state index is 10.7. The first kappa shape index (κ1) is 8.62. The SMILES string of the molecule is CN1[C@@H]2CC[C@@H]1c1cc(C=O)sc1C2. The van der Waals surface area contributed by atoms with Gasteiger partial charge in [0.25, 0.3) is 0 Å². The highest BCUT2D eigenvalue weighted by molar-refractivity contribution is 7.13. The first-order valence-electron chi connectivity index (χ1n) is 5.09. The molecule has 3 rings (SSSR count). The number of thiophene rings is 1. The first-order chi connectivity index (χ1) is 6.79. The highest BCUT2D eigenvalue weighted by Crippen LogP contribution is 2.45. The van der Waals surface area contributed by atoms with Gasteiger partial charge >= 0.3 is 0 Å². The van der Waals surface area contributed by atoms with E-state index in [4.69, 9.17) is 0 Å². The van der Waals surface area contributed by atoms with Crippen LogP contribution in [0.1, 0.15) is 39.0 Å². The lowest BCUT2D eigenvalue weighted by atomic mass is 10.0. The number of nitrogens with zero attached hydrogens (tertiary/aromatic N) is 1. The zero-order valence-electron chi connectivity index (χ0n) is 8.19. The molecule has 0 saturated carbocycles. The molecular weight excluding hydrogens is 194 g/mol. The van der Waals surface area contributed by atoms with Gasteiger partial charge in [-0.25, -0.2) is 0 Å². The van der Waals surface area contributed by atoms with Crippen LogP contribution in [0.2, 0.25) is 0 Å². The molecule has 0 amide bonds. The number of carbonyl (C=O) groups excluding carboxylic acids is 1. The Labute approximate surface area is 87.5 Å². The summed E-state index contributed by atoms with van der Waals surface area (Å²) in [5, 5.41) is 0. The molecule has 2 aliphatic heterocycles. The van der Waals surface area contributed by atoms with E-state index in [0.717, 1.165) is 23.6 Å². The summed E-state index contributed by atoms with van der Waals surface area (Å²) in [5.74, 6) is 0. The van der Waals surface area contributed by atoms with Crippen LogP contribution >= 0.6 is 11.3 Å². The van der Waals surface area contributed by atoms with Gasteiger partial charge in [0.2, 0.25) is 0 Å². The van der Waals surface area contributed by atoms with Gasteiger partial charge in [-0.2, -0.15) is 0 Å². The van der Waals surface area contributed by atoms with Crippen LogP contribution in [0.4, 0.5) is 0 Å². The van der Waals surface area contributed by atoms with E-state index in [0.29, 0.717) is 6.04 Å². The molecule has 14 heavy (non-hydrogen) atoms. The number of aldehydes is 1. The van der Waals surface area contributed by atoms with Crippen LogP contribution in [-0.2, 0) is 6.42 Å². The minimum atomic E-state index is 0.591. The van der Waals surface area contributed by atoms with Crippen molar-refractivity contribution in [2.45, 2.75) is 31.3 Å². The molecule has 2 nitrogen and oxygen atoms in total. The summed E-state index contributed by atoms with van der Waals surface area (Å²) in [6, 6.07) is 3.41. The maximum absolute atomic E-state index is 10.7. The molecular formula is C11H13NOS. The molecule has 2 aliphatic rings. The van der Waals surface area contributed by atoms with Crippen LogP contribution in [0.3, 0.4) is 0 Å². The molecule has 0 aliphatic carbocycles. The van der Waals surface area contributed by atoms with Gasteiger partial charge in [0.15, 0.2) is 6.29 Å². The van der Waals surface area contributed by atoms with Gasteiger partial charge in [-0.1, -0.05) is 0 Å². The molecule has 0 N–H and O–H groups in total. The second kappa shape index (κ2) is 2.91. The number of rotatable bonds is 1. The highest BCUT2D eigenvalue weighted by atomic mass is 32.1. The average Bonchev–Trinajstić information content (AvgIpc) is 2.69. The third-order valence-corrected chi connectivity index (χ3v) is 4.70. The van der Waals surface area contributed by atoms with Gasteiger partial charge in [0.1, 0.15) is 0 Å². The summed E-state index contributed by atoms with van der Waals surface area (Å²) in [7, 11) is 2.21. The van der Waals surface area contributed by atoms with Crippen molar-refractivity contribution in [3.63, 3.8) is 0 Å². The molecule has 2 bridgehead atoms. The van der Waals surface area contributed by atoms with Crippen LogP contribution in [-0.4, -0.2) is 24.3 Å². The Hall–Kier alpha value is -0.670. The van der Waals surface area contributed by atoms with E-state index in [2.05, 4.69) is 18.0 Å². The van der Waals surface area contributed by atoms with Crippen LogP contribution in [0, 0.1) is 0 Å². The van der Waals surface area contributed by atoms with Gasteiger partial charge < -0.3 is 0 Å². The number of hydrogen-bond acceptors (Lipinski definition) is 3. The van der Waals surface area contributed by atoms with Crippen molar-refractivity contribution in [2.75, 3.05) is 7.05 Å².